The number of carbonyl (C=O) groups is 2. The predicted molar refractivity (Wildman–Crippen MR) is 98.2 cm³/mol. The van der Waals surface area contributed by atoms with Crippen LogP contribution in [0.3, 0.4) is 0 Å². The van der Waals surface area contributed by atoms with E-state index in [0.29, 0.717) is 19.4 Å². The molecule has 2 fully saturated rings. The molecule has 1 spiro atoms. The van der Waals surface area contributed by atoms with Gasteiger partial charge in [-0.25, -0.2) is 0 Å². The molecule has 1 N–H and O–H groups in total. The van der Waals surface area contributed by atoms with Gasteiger partial charge in [-0.1, -0.05) is 0 Å². The van der Waals surface area contributed by atoms with Gasteiger partial charge in [0.15, 0.2) is 0 Å². The molecule has 7 nitrogen and oxygen atoms in total. The molecule has 0 saturated carbocycles. The topological polar surface area (TPSA) is 78.4 Å². The van der Waals surface area contributed by atoms with Crippen molar-refractivity contribution in [2.45, 2.75) is 45.6 Å². The van der Waals surface area contributed by atoms with Gasteiger partial charge in [0.25, 0.3) is 0 Å². The molecule has 26 heavy (non-hydrogen) atoms. The SMILES string of the molecule is CNC(=O)CCN1CCC[C@]2(CCC(=O)N(Cc3cnc(C)cn3)C2)C1. The summed E-state index contributed by atoms with van der Waals surface area (Å²) in [4.78, 5) is 37.0. The van der Waals surface area contributed by atoms with Gasteiger partial charge >= 0.3 is 0 Å². The molecular weight excluding hydrogens is 330 g/mol. The number of hydrogen-bond acceptors (Lipinski definition) is 5. The van der Waals surface area contributed by atoms with Crippen LogP contribution >= 0.6 is 0 Å². The molecule has 3 rings (SSSR count). The van der Waals surface area contributed by atoms with E-state index in [1.807, 2.05) is 11.8 Å². The fourth-order valence-corrected chi connectivity index (χ4v) is 4.16. The van der Waals surface area contributed by atoms with Gasteiger partial charge in [-0.2, -0.15) is 0 Å². The van der Waals surface area contributed by atoms with Crippen molar-refractivity contribution in [1.82, 2.24) is 25.1 Å². The number of piperidine rings is 2. The van der Waals surface area contributed by atoms with E-state index in [1.165, 1.54) is 0 Å². The summed E-state index contributed by atoms with van der Waals surface area (Å²) in [5, 5.41) is 2.69. The Morgan fingerprint density at radius 1 is 1.27 bits per heavy atom. The minimum atomic E-state index is 0.0861. The van der Waals surface area contributed by atoms with Gasteiger partial charge in [-0.05, 0) is 32.7 Å². The summed E-state index contributed by atoms with van der Waals surface area (Å²) in [7, 11) is 1.68. The van der Waals surface area contributed by atoms with E-state index in [0.717, 1.165) is 56.8 Å². The fraction of sp³-hybridized carbons (Fsp3) is 0.684. The lowest BCUT2D eigenvalue weighted by Gasteiger charge is -2.48. The van der Waals surface area contributed by atoms with Crippen molar-refractivity contribution in [2.75, 3.05) is 33.2 Å². The molecule has 3 heterocycles. The Morgan fingerprint density at radius 3 is 2.85 bits per heavy atom. The van der Waals surface area contributed by atoms with Crippen LogP contribution in [-0.2, 0) is 16.1 Å². The highest BCUT2D eigenvalue weighted by molar-refractivity contribution is 5.77. The maximum absolute atomic E-state index is 12.4. The molecule has 2 aliphatic rings. The molecule has 2 aliphatic heterocycles. The first-order chi connectivity index (χ1) is 12.5. The lowest BCUT2D eigenvalue weighted by molar-refractivity contribution is -0.140. The van der Waals surface area contributed by atoms with E-state index in [-0.39, 0.29) is 17.2 Å². The zero-order chi connectivity index (χ0) is 18.6. The molecule has 0 aromatic carbocycles. The summed E-state index contributed by atoms with van der Waals surface area (Å²) in [5.41, 5.74) is 1.87. The lowest BCUT2D eigenvalue weighted by Crippen LogP contribution is -2.54. The average Bonchev–Trinajstić information content (AvgIpc) is 2.65. The number of nitrogens with one attached hydrogen (secondary N) is 1. The highest BCUT2D eigenvalue weighted by Crippen LogP contribution is 2.39. The van der Waals surface area contributed by atoms with E-state index >= 15 is 0 Å². The molecule has 0 bridgehead atoms. The van der Waals surface area contributed by atoms with Gasteiger partial charge in [0.2, 0.25) is 11.8 Å². The van der Waals surface area contributed by atoms with Gasteiger partial charge in [-0.3, -0.25) is 19.6 Å². The zero-order valence-electron chi connectivity index (χ0n) is 15.8. The molecular formula is C19H29N5O2. The summed E-state index contributed by atoms with van der Waals surface area (Å²) in [6.45, 7) is 6.01. The number of amides is 2. The quantitative estimate of drug-likeness (QED) is 0.853. The normalized spacial score (nSPS) is 24.1. The largest absolute Gasteiger partial charge is 0.359 e. The van der Waals surface area contributed by atoms with Crippen LogP contribution in [0.5, 0.6) is 0 Å². The van der Waals surface area contributed by atoms with Gasteiger partial charge in [0, 0.05) is 51.1 Å². The monoisotopic (exact) mass is 359 g/mol. The predicted octanol–water partition coefficient (Wildman–Crippen LogP) is 1.13. The number of hydrogen-bond donors (Lipinski definition) is 1. The zero-order valence-corrected chi connectivity index (χ0v) is 15.8. The maximum atomic E-state index is 12.4. The molecule has 0 unspecified atom stereocenters. The van der Waals surface area contributed by atoms with Gasteiger partial charge < -0.3 is 15.1 Å². The Morgan fingerprint density at radius 2 is 2.12 bits per heavy atom. The Balaban J connectivity index is 1.62. The standard InChI is InChI=1S/C19H29N5O2/c1-15-10-22-16(11-21-15)12-24-14-19(7-4-18(24)26)6-3-8-23(13-19)9-5-17(25)20-2/h10-11H,3-9,12-14H2,1-2H3,(H,20,25)/t19-/m0/s1. The highest BCUT2D eigenvalue weighted by atomic mass is 16.2. The summed E-state index contributed by atoms with van der Waals surface area (Å²) in [6, 6.07) is 0. The van der Waals surface area contributed by atoms with E-state index < -0.39 is 0 Å². The smallest absolute Gasteiger partial charge is 0.222 e. The third-order valence-electron chi connectivity index (χ3n) is 5.61. The Kier molecular flexibility index (Phi) is 5.86. The molecule has 0 aliphatic carbocycles. The number of rotatable bonds is 5. The second-order valence-electron chi connectivity index (χ2n) is 7.70. The van der Waals surface area contributed by atoms with Crippen LogP contribution in [-0.4, -0.2) is 64.8 Å². The fourth-order valence-electron chi connectivity index (χ4n) is 4.16. The van der Waals surface area contributed by atoms with Crippen LogP contribution in [0.15, 0.2) is 12.4 Å². The van der Waals surface area contributed by atoms with Crippen molar-refractivity contribution in [3.8, 4) is 0 Å². The minimum absolute atomic E-state index is 0.0861. The molecule has 2 amide bonds. The van der Waals surface area contributed by atoms with Crippen molar-refractivity contribution in [3.63, 3.8) is 0 Å². The van der Waals surface area contributed by atoms with Crippen molar-refractivity contribution in [1.29, 1.82) is 0 Å². The van der Waals surface area contributed by atoms with Gasteiger partial charge in [-0.15, -0.1) is 0 Å². The first-order valence-corrected chi connectivity index (χ1v) is 9.48. The highest BCUT2D eigenvalue weighted by Gasteiger charge is 2.41. The molecule has 142 valence electrons. The number of likely N-dealkylation sites (tertiary alicyclic amines) is 2. The van der Waals surface area contributed by atoms with Gasteiger partial charge in [0.1, 0.15) is 0 Å². The minimum Gasteiger partial charge on any atom is -0.359 e. The van der Waals surface area contributed by atoms with Gasteiger partial charge in [0.05, 0.1) is 24.1 Å². The first kappa shape index (κ1) is 18.8. The third kappa shape index (κ3) is 4.58. The van der Waals surface area contributed by atoms with Crippen LogP contribution in [0.4, 0.5) is 0 Å². The van der Waals surface area contributed by atoms with E-state index in [9.17, 15) is 9.59 Å². The summed E-state index contributed by atoms with van der Waals surface area (Å²) >= 11 is 0. The van der Waals surface area contributed by atoms with Crippen LogP contribution in [0.1, 0.15) is 43.5 Å². The average molecular weight is 359 g/mol. The third-order valence-corrected chi connectivity index (χ3v) is 5.61. The van der Waals surface area contributed by atoms with Crippen LogP contribution < -0.4 is 5.32 Å². The van der Waals surface area contributed by atoms with Crippen molar-refractivity contribution in [2.24, 2.45) is 5.41 Å². The molecule has 1 atom stereocenters. The summed E-state index contributed by atoms with van der Waals surface area (Å²) < 4.78 is 0. The van der Waals surface area contributed by atoms with E-state index in [2.05, 4.69) is 20.2 Å². The number of aromatic nitrogens is 2. The van der Waals surface area contributed by atoms with Crippen LogP contribution in [0.25, 0.3) is 0 Å². The molecule has 7 heteroatoms. The van der Waals surface area contributed by atoms with Crippen molar-refractivity contribution < 1.29 is 9.59 Å². The second-order valence-corrected chi connectivity index (χ2v) is 7.70. The van der Waals surface area contributed by atoms with Crippen LogP contribution in [0.2, 0.25) is 0 Å². The molecule has 1 aromatic heterocycles. The van der Waals surface area contributed by atoms with E-state index in [1.54, 1.807) is 19.4 Å². The Labute approximate surface area is 155 Å². The molecule has 1 aromatic rings. The second kappa shape index (κ2) is 8.12. The van der Waals surface area contributed by atoms with Crippen LogP contribution in [0, 0.1) is 12.3 Å². The number of nitrogens with zero attached hydrogens (tertiary/aromatic N) is 4. The van der Waals surface area contributed by atoms with E-state index in [4.69, 9.17) is 0 Å². The Bertz CT molecular complexity index is 648. The number of carbonyl (C=O) groups excluding carboxylic acids is 2. The summed E-state index contributed by atoms with van der Waals surface area (Å²) in [5.74, 6) is 0.295. The first-order valence-electron chi connectivity index (χ1n) is 9.48. The Hall–Kier alpha value is -2.02. The summed E-state index contributed by atoms with van der Waals surface area (Å²) in [6.07, 6.45) is 7.86. The number of aryl methyl sites for hydroxylation is 1. The molecule has 0 radical (unpaired) electrons. The molecule has 2 saturated heterocycles. The lowest BCUT2D eigenvalue weighted by atomic mass is 9.73. The maximum Gasteiger partial charge on any atom is 0.222 e. The van der Waals surface area contributed by atoms with Crippen molar-refractivity contribution in [3.05, 3.63) is 23.8 Å². The van der Waals surface area contributed by atoms with Crippen molar-refractivity contribution >= 4 is 11.8 Å².